The van der Waals surface area contributed by atoms with Crippen molar-refractivity contribution >= 4 is 17.4 Å². The number of nitro groups is 1. The van der Waals surface area contributed by atoms with Crippen LogP contribution in [0.15, 0.2) is 52.4 Å². The molecule has 168 valence electrons. The molecule has 1 aromatic heterocycles. The van der Waals surface area contributed by atoms with Crippen LogP contribution in [0.2, 0.25) is 0 Å². The first kappa shape index (κ1) is 23.3. The van der Waals surface area contributed by atoms with Crippen molar-refractivity contribution in [1.29, 1.82) is 0 Å². The summed E-state index contributed by atoms with van der Waals surface area (Å²) in [5.41, 5.74) is 2.63. The molecule has 3 aromatic rings. The molecule has 0 bridgehead atoms. The number of ether oxygens (including phenoxy) is 2. The zero-order valence-electron chi connectivity index (χ0n) is 18.4. The highest BCUT2D eigenvalue weighted by molar-refractivity contribution is 7.98. The van der Waals surface area contributed by atoms with Crippen LogP contribution < -0.4 is 15.0 Å². The Morgan fingerprint density at radius 2 is 1.84 bits per heavy atom. The van der Waals surface area contributed by atoms with Gasteiger partial charge in [-0.25, -0.2) is 4.98 Å². The monoisotopic (exact) mass is 455 g/mol. The largest absolute Gasteiger partial charge is 0.493 e. The average Bonchev–Trinajstić information content (AvgIpc) is 2.77. The number of thioether (sulfide) groups is 1. The normalized spacial score (nSPS) is 10.9. The fourth-order valence-electron chi connectivity index (χ4n) is 3.45. The first-order chi connectivity index (χ1) is 15.3. The lowest BCUT2D eigenvalue weighted by Crippen LogP contribution is -2.20. The molecule has 0 fully saturated rings. The predicted octanol–water partition coefficient (Wildman–Crippen LogP) is 4.70. The van der Waals surface area contributed by atoms with E-state index in [1.165, 1.54) is 17.8 Å². The van der Waals surface area contributed by atoms with Crippen molar-refractivity contribution in [2.24, 2.45) is 0 Å². The third kappa shape index (κ3) is 5.28. The highest BCUT2D eigenvalue weighted by Crippen LogP contribution is 2.30. The number of hydrogen-bond acceptors (Lipinski definition) is 7. The molecule has 0 saturated carbocycles. The molecular weight excluding hydrogens is 430 g/mol. The smallest absolute Gasteiger partial charge is 0.273 e. The standard InChI is InChI=1S/C23H25N3O5S/c1-14(2)21-17(11-15-9-10-19(30-3)20(12-15)31-4)24-23(25-22(21)27)32-13-16-7-5-6-8-18(16)26(28)29/h5-10,12,14H,11,13H2,1-4H3,(H,24,25,27). The van der Waals surface area contributed by atoms with Crippen LogP contribution in [0.3, 0.4) is 0 Å². The van der Waals surface area contributed by atoms with E-state index in [4.69, 9.17) is 14.5 Å². The van der Waals surface area contributed by atoms with Gasteiger partial charge in [0.15, 0.2) is 16.7 Å². The summed E-state index contributed by atoms with van der Waals surface area (Å²) < 4.78 is 10.7. The van der Waals surface area contributed by atoms with Crippen LogP contribution in [0.25, 0.3) is 0 Å². The topological polar surface area (TPSA) is 107 Å². The second-order valence-electron chi connectivity index (χ2n) is 7.43. The van der Waals surface area contributed by atoms with Crippen LogP contribution in [0.1, 0.15) is 42.1 Å². The summed E-state index contributed by atoms with van der Waals surface area (Å²) in [7, 11) is 3.15. The summed E-state index contributed by atoms with van der Waals surface area (Å²) in [6, 6.07) is 12.2. The van der Waals surface area contributed by atoms with Crippen molar-refractivity contribution < 1.29 is 14.4 Å². The van der Waals surface area contributed by atoms with Crippen LogP contribution >= 0.6 is 11.8 Å². The van der Waals surface area contributed by atoms with Crippen molar-refractivity contribution in [2.45, 2.75) is 37.1 Å². The Hall–Kier alpha value is -3.33. The van der Waals surface area contributed by atoms with Gasteiger partial charge in [0, 0.05) is 29.4 Å². The fourth-order valence-corrected chi connectivity index (χ4v) is 4.32. The van der Waals surface area contributed by atoms with Crippen LogP contribution in [0.5, 0.6) is 11.5 Å². The minimum absolute atomic E-state index is 0.0179. The summed E-state index contributed by atoms with van der Waals surface area (Å²) in [6.45, 7) is 3.90. The number of aromatic nitrogens is 2. The second kappa shape index (κ2) is 10.3. The number of nitrogens with zero attached hydrogens (tertiary/aromatic N) is 2. The van der Waals surface area contributed by atoms with E-state index >= 15 is 0 Å². The number of H-pyrrole nitrogens is 1. The van der Waals surface area contributed by atoms with Gasteiger partial charge in [-0.2, -0.15) is 0 Å². The lowest BCUT2D eigenvalue weighted by atomic mass is 9.98. The number of hydrogen-bond donors (Lipinski definition) is 1. The van der Waals surface area contributed by atoms with E-state index < -0.39 is 4.92 Å². The van der Waals surface area contributed by atoms with E-state index in [-0.39, 0.29) is 17.2 Å². The lowest BCUT2D eigenvalue weighted by molar-refractivity contribution is -0.385. The maximum Gasteiger partial charge on any atom is 0.273 e. The molecule has 0 spiro atoms. The van der Waals surface area contributed by atoms with Crippen molar-refractivity contribution in [3.8, 4) is 11.5 Å². The van der Waals surface area contributed by atoms with Crippen molar-refractivity contribution in [3.63, 3.8) is 0 Å². The molecule has 0 radical (unpaired) electrons. The van der Waals surface area contributed by atoms with Gasteiger partial charge < -0.3 is 14.5 Å². The zero-order chi connectivity index (χ0) is 23.3. The molecule has 0 aliphatic heterocycles. The summed E-state index contributed by atoms with van der Waals surface area (Å²) in [6.07, 6.45) is 0.441. The SMILES string of the molecule is COc1ccc(Cc2nc(SCc3ccccc3[N+](=O)[O-])[nH]c(=O)c2C(C)C)cc1OC. The first-order valence-corrected chi connectivity index (χ1v) is 11.0. The summed E-state index contributed by atoms with van der Waals surface area (Å²) >= 11 is 1.26. The minimum Gasteiger partial charge on any atom is -0.493 e. The number of nitrogens with one attached hydrogen (secondary N) is 1. The molecule has 0 saturated heterocycles. The molecule has 9 heteroatoms. The van der Waals surface area contributed by atoms with E-state index in [2.05, 4.69) is 4.98 Å². The molecule has 1 heterocycles. The van der Waals surface area contributed by atoms with Gasteiger partial charge in [-0.05, 0) is 23.6 Å². The van der Waals surface area contributed by atoms with Crippen molar-refractivity contribution in [3.05, 3.63) is 85.3 Å². The quantitative estimate of drug-likeness (QED) is 0.216. The fraction of sp³-hybridized carbons (Fsp3) is 0.304. The molecule has 0 aliphatic rings. The maximum atomic E-state index is 12.8. The molecule has 3 rings (SSSR count). The Balaban J connectivity index is 1.93. The third-order valence-electron chi connectivity index (χ3n) is 4.96. The van der Waals surface area contributed by atoms with Crippen LogP contribution in [-0.4, -0.2) is 29.1 Å². The van der Waals surface area contributed by atoms with E-state index in [0.29, 0.717) is 45.6 Å². The molecular formula is C23H25N3O5S. The predicted molar refractivity (Wildman–Crippen MR) is 124 cm³/mol. The summed E-state index contributed by atoms with van der Waals surface area (Å²) in [5.74, 6) is 1.53. The number of rotatable bonds is 9. The molecule has 0 atom stereocenters. The van der Waals surface area contributed by atoms with Gasteiger partial charge >= 0.3 is 0 Å². The van der Waals surface area contributed by atoms with Crippen LogP contribution in [0, 0.1) is 10.1 Å². The molecule has 8 nitrogen and oxygen atoms in total. The minimum atomic E-state index is -0.406. The Labute approximate surface area is 190 Å². The molecule has 32 heavy (non-hydrogen) atoms. The van der Waals surface area contributed by atoms with E-state index in [9.17, 15) is 14.9 Å². The highest BCUT2D eigenvalue weighted by atomic mass is 32.2. The van der Waals surface area contributed by atoms with Crippen molar-refractivity contribution in [1.82, 2.24) is 9.97 Å². The Kier molecular flexibility index (Phi) is 7.53. The second-order valence-corrected chi connectivity index (χ2v) is 8.39. The molecule has 0 amide bonds. The van der Waals surface area contributed by atoms with Gasteiger partial charge in [-0.3, -0.25) is 14.9 Å². The van der Waals surface area contributed by atoms with Gasteiger partial charge in [0.05, 0.1) is 24.8 Å². The van der Waals surface area contributed by atoms with Gasteiger partial charge in [0.2, 0.25) is 0 Å². The highest BCUT2D eigenvalue weighted by Gasteiger charge is 2.18. The number of methoxy groups -OCH3 is 2. The van der Waals surface area contributed by atoms with E-state index in [1.807, 2.05) is 32.0 Å². The Morgan fingerprint density at radius 1 is 1.12 bits per heavy atom. The molecule has 2 aromatic carbocycles. The van der Waals surface area contributed by atoms with E-state index in [1.54, 1.807) is 32.4 Å². The lowest BCUT2D eigenvalue weighted by Gasteiger charge is -2.14. The Bertz CT molecular complexity index is 1180. The zero-order valence-corrected chi connectivity index (χ0v) is 19.2. The third-order valence-corrected chi connectivity index (χ3v) is 5.88. The number of aromatic amines is 1. The summed E-state index contributed by atoms with van der Waals surface area (Å²) in [4.78, 5) is 31.2. The maximum absolute atomic E-state index is 12.8. The molecule has 1 N–H and O–H groups in total. The first-order valence-electron chi connectivity index (χ1n) is 10.0. The molecule has 0 aliphatic carbocycles. The van der Waals surface area contributed by atoms with E-state index in [0.717, 1.165) is 5.56 Å². The number of nitro benzene ring substituents is 1. The number of para-hydroxylation sites is 1. The average molecular weight is 456 g/mol. The van der Waals surface area contributed by atoms with Crippen LogP contribution in [-0.2, 0) is 12.2 Å². The van der Waals surface area contributed by atoms with Gasteiger partial charge in [0.25, 0.3) is 11.2 Å². The van der Waals surface area contributed by atoms with Crippen LogP contribution in [0.4, 0.5) is 5.69 Å². The molecule has 0 unspecified atom stereocenters. The van der Waals surface area contributed by atoms with Gasteiger partial charge in [0.1, 0.15) is 0 Å². The summed E-state index contributed by atoms with van der Waals surface area (Å²) in [5, 5.41) is 11.7. The van der Waals surface area contributed by atoms with Crippen molar-refractivity contribution in [2.75, 3.05) is 14.2 Å². The Morgan fingerprint density at radius 3 is 2.50 bits per heavy atom. The van der Waals surface area contributed by atoms with Gasteiger partial charge in [-0.1, -0.05) is 49.9 Å². The van der Waals surface area contributed by atoms with Gasteiger partial charge in [-0.15, -0.1) is 0 Å². The number of benzene rings is 2.